The standard InChI is InChI=1S/C18H22N4O3S/c1-12(2)13-3-5-14(6-4-13)22-18(23)16-9-20-17(10-19-16)21-15-7-8-26(24,25)11-15/h3-6,9-10,12,15H,7-8,11H2,1-2H3,(H,20,21)(H,22,23). The van der Waals surface area contributed by atoms with Crippen LogP contribution in [0.15, 0.2) is 36.7 Å². The molecule has 1 aliphatic rings. The van der Waals surface area contributed by atoms with Gasteiger partial charge >= 0.3 is 0 Å². The first-order valence-electron chi connectivity index (χ1n) is 8.53. The molecule has 1 aromatic carbocycles. The molecule has 8 heteroatoms. The fourth-order valence-corrected chi connectivity index (χ4v) is 4.46. The van der Waals surface area contributed by atoms with E-state index in [4.69, 9.17) is 0 Å². The number of sulfone groups is 1. The van der Waals surface area contributed by atoms with E-state index in [9.17, 15) is 13.2 Å². The van der Waals surface area contributed by atoms with Crippen LogP contribution in [0.2, 0.25) is 0 Å². The van der Waals surface area contributed by atoms with E-state index in [-0.39, 0.29) is 29.1 Å². The number of carbonyl (C=O) groups excluding carboxylic acids is 1. The van der Waals surface area contributed by atoms with Gasteiger partial charge in [0.05, 0.1) is 23.9 Å². The van der Waals surface area contributed by atoms with E-state index < -0.39 is 9.84 Å². The Hall–Kier alpha value is -2.48. The van der Waals surface area contributed by atoms with Gasteiger partial charge in [0.2, 0.25) is 0 Å². The second-order valence-electron chi connectivity index (χ2n) is 6.76. The minimum atomic E-state index is -2.96. The van der Waals surface area contributed by atoms with E-state index in [0.717, 1.165) is 0 Å². The third-order valence-corrected chi connectivity index (χ3v) is 6.07. The summed E-state index contributed by atoms with van der Waals surface area (Å²) in [4.78, 5) is 20.5. The number of carbonyl (C=O) groups is 1. The summed E-state index contributed by atoms with van der Waals surface area (Å²) in [6.07, 6.45) is 3.38. The van der Waals surface area contributed by atoms with Gasteiger partial charge in [-0.05, 0) is 30.0 Å². The first-order chi connectivity index (χ1) is 12.3. The van der Waals surface area contributed by atoms with Crippen molar-refractivity contribution in [2.45, 2.75) is 32.2 Å². The van der Waals surface area contributed by atoms with Gasteiger partial charge in [0.25, 0.3) is 5.91 Å². The fraction of sp³-hybridized carbons (Fsp3) is 0.389. The van der Waals surface area contributed by atoms with Crippen LogP contribution in [0, 0.1) is 0 Å². The highest BCUT2D eigenvalue weighted by Crippen LogP contribution is 2.18. The summed E-state index contributed by atoms with van der Waals surface area (Å²) in [6, 6.07) is 7.52. The Morgan fingerprint density at radius 3 is 2.42 bits per heavy atom. The number of hydrogen-bond donors (Lipinski definition) is 2. The number of nitrogens with one attached hydrogen (secondary N) is 2. The Bertz CT molecular complexity index is 878. The van der Waals surface area contributed by atoms with Gasteiger partial charge in [0.15, 0.2) is 9.84 Å². The summed E-state index contributed by atoms with van der Waals surface area (Å²) >= 11 is 0. The fourth-order valence-electron chi connectivity index (χ4n) is 2.78. The number of anilines is 2. The Kier molecular flexibility index (Phi) is 5.22. The maximum absolute atomic E-state index is 12.3. The zero-order valence-electron chi connectivity index (χ0n) is 14.8. The second kappa shape index (κ2) is 7.41. The molecule has 2 aromatic rings. The largest absolute Gasteiger partial charge is 0.365 e. The van der Waals surface area contributed by atoms with Crippen LogP contribution in [0.25, 0.3) is 0 Å². The van der Waals surface area contributed by atoms with Crippen molar-refractivity contribution in [3.8, 4) is 0 Å². The molecule has 0 bridgehead atoms. The first-order valence-corrected chi connectivity index (χ1v) is 10.3. The van der Waals surface area contributed by atoms with Gasteiger partial charge in [-0.3, -0.25) is 4.79 Å². The Morgan fingerprint density at radius 2 is 1.88 bits per heavy atom. The molecule has 3 rings (SSSR count). The molecule has 0 aliphatic carbocycles. The molecule has 1 saturated heterocycles. The van der Waals surface area contributed by atoms with Gasteiger partial charge in [0.1, 0.15) is 11.5 Å². The summed E-state index contributed by atoms with van der Waals surface area (Å²) in [5.41, 5.74) is 2.09. The van der Waals surface area contributed by atoms with Crippen LogP contribution in [0.5, 0.6) is 0 Å². The molecule has 2 N–H and O–H groups in total. The van der Waals surface area contributed by atoms with E-state index in [1.165, 1.54) is 18.0 Å². The number of benzene rings is 1. The van der Waals surface area contributed by atoms with Crippen molar-refractivity contribution in [2.75, 3.05) is 22.1 Å². The van der Waals surface area contributed by atoms with E-state index >= 15 is 0 Å². The van der Waals surface area contributed by atoms with E-state index in [0.29, 0.717) is 23.8 Å². The Balaban J connectivity index is 1.60. The highest BCUT2D eigenvalue weighted by molar-refractivity contribution is 7.91. The molecule has 1 aromatic heterocycles. The molecule has 138 valence electrons. The molecule has 0 spiro atoms. The summed E-state index contributed by atoms with van der Waals surface area (Å²) < 4.78 is 23.0. The number of rotatable bonds is 5. The highest BCUT2D eigenvalue weighted by Gasteiger charge is 2.28. The van der Waals surface area contributed by atoms with Gasteiger partial charge in [-0.1, -0.05) is 26.0 Å². The lowest BCUT2D eigenvalue weighted by atomic mass is 10.0. The van der Waals surface area contributed by atoms with Crippen molar-refractivity contribution in [2.24, 2.45) is 0 Å². The van der Waals surface area contributed by atoms with Crippen molar-refractivity contribution in [3.05, 3.63) is 47.9 Å². The molecule has 7 nitrogen and oxygen atoms in total. The van der Waals surface area contributed by atoms with Crippen molar-refractivity contribution < 1.29 is 13.2 Å². The normalized spacial score (nSPS) is 18.7. The quantitative estimate of drug-likeness (QED) is 0.834. The summed E-state index contributed by atoms with van der Waals surface area (Å²) in [5.74, 6) is 0.840. The lowest BCUT2D eigenvalue weighted by Gasteiger charge is -2.11. The maximum atomic E-state index is 12.3. The molecule has 1 atom stereocenters. The zero-order chi connectivity index (χ0) is 18.7. The van der Waals surface area contributed by atoms with Crippen LogP contribution in [0.3, 0.4) is 0 Å². The molecule has 1 unspecified atom stereocenters. The van der Waals surface area contributed by atoms with Crippen molar-refractivity contribution in [1.29, 1.82) is 0 Å². The van der Waals surface area contributed by atoms with Gasteiger partial charge in [-0.25, -0.2) is 18.4 Å². The molecule has 0 saturated carbocycles. The van der Waals surface area contributed by atoms with Crippen molar-refractivity contribution in [3.63, 3.8) is 0 Å². The Morgan fingerprint density at radius 1 is 1.15 bits per heavy atom. The smallest absolute Gasteiger partial charge is 0.275 e. The third-order valence-electron chi connectivity index (χ3n) is 4.30. The van der Waals surface area contributed by atoms with E-state index in [2.05, 4.69) is 34.4 Å². The third kappa shape index (κ3) is 4.57. The number of aromatic nitrogens is 2. The van der Waals surface area contributed by atoms with Crippen LogP contribution in [-0.4, -0.2) is 41.8 Å². The van der Waals surface area contributed by atoms with Gasteiger partial charge in [-0.15, -0.1) is 0 Å². The van der Waals surface area contributed by atoms with Crippen LogP contribution in [-0.2, 0) is 9.84 Å². The monoisotopic (exact) mass is 374 g/mol. The minimum absolute atomic E-state index is 0.100. The van der Waals surface area contributed by atoms with Crippen LogP contribution >= 0.6 is 0 Å². The zero-order valence-corrected chi connectivity index (χ0v) is 15.6. The average molecular weight is 374 g/mol. The van der Waals surface area contributed by atoms with Crippen molar-refractivity contribution >= 4 is 27.2 Å². The predicted octanol–water partition coefficient (Wildman–Crippen LogP) is 2.45. The molecule has 1 amide bonds. The number of hydrogen-bond acceptors (Lipinski definition) is 6. The molecule has 1 aliphatic heterocycles. The molecule has 1 fully saturated rings. The van der Waals surface area contributed by atoms with Crippen LogP contribution < -0.4 is 10.6 Å². The SMILES string of the molecule is CC(C)c1ccc(NC(=O)c2cnc(NC3CCS(=O)(=O)C3)cn2)cc1. The minimum Gasteiger partial charge on any atom is -0.365 e. The Labute approximate surface area is 153 Å². The lowest BCUT2D eigenvalue weighted by Crippen LogP contribution is -2.22. The highest BCUT2D eigenvalue weighted by atomic mass is 32.2. The van der Waals surface area contributed by atoms with Gasteiger partial charge < -0.3 is 10.6 Å². The summed E-state index contributed by atoms with van der Waals surface area (Å²) in [7, 11) is -2.96. The summed E-state index contributed by atoms with van der Waals surface area (Å²) in [6.45, 7) is 4.22. The molecule has 2 heterocycles. The van der Waals surface area contributed by atoms with Gasteiger partial charge in [0, 0.05) is 11.7 Å². The first kappa shape index (κ1) is 18.3. The average Bonchev–Trinajstić information content (AvgIpc) is 2.94. The maximum Gasteiger partial charge on any atom is 0.275 e. The lowest BCUT2D eigenvalue weighted by molar-refractivity contribution is 0.102. The van der Waals surface area contributed by atoms with Gasteiger partial charge in [-0.2, -0.15) is 0 Å². The number of amides is 1. The van der Waals surface area contributed by atoms with E-state index in [1.807, 2.05) is 24.3 Å². The van der Waals surface area contributed by atoms with Crippen LogP contribution in [0.1, 0.15) is 42.2 Å². The number of nitrogens with zero attached hydrogens (tertiary/aromatic N) is 2. The topological polar surface area (TPSA) is 101 Å². The molecule has 0 radical (unpaired) electrons. The molecule has 26 heavy (non-hydrogen) atoms. The van der Waals surface area contributed by atoms with E-state index in [1.54, 1.807) is 0 Å². The molecular weight excluding hydrogens is 352 g/mol. The summed E-state index contributed by atoms with van der Waals surface area (Å²) in [5, 5.41) is 5.83. The molecular formula is C18H22N4O3S. The predicted molar refractivity (Wildman–Crippen MR) is 101 cm³/mol. The van der Waals surface area contributed by atoms with Crippen LogP contribution in [0.4, 0.5) is 11.5 Å². The van der Waals surface area contributed by atoms with Crippen molar-refractivity contribution in [1.82, 2.24) is 9.97 Å². The second-order valence-corrected chi connectivity index (χ2v) is 8.99.